The number of hydrogen-bond acceptors (Lipinski definition) is 0. The van der Waals surface area contributed by atoms with E-state index in [1.807, 2.05) is 0 Å². The van der Waals surface area contributed by atoms with Crippen LogP contribution in [0.5, 0.6) is 0 Å². The van der Waals surface area contributed by atoms with E-state index < -0.39 is 0 Å². The summed E-state index contributed by atoms with van der Waals surface area (Å²) in [5.41, 5.74) is 0.458. The molecule has 1 heterocycles. The third-order valence-electron chi connectivity index (χ3n) is 4.24. The van der Waals surface area contributed by atoms with Crippen molar-refractivity contribution in [3.05, 3.63) is 18.7 Å². The highest BCUT2D eigenvalue weighted by Crippen LogP contribution is 2.39. The van der Waals surface area contributed by atoms with E-state index in [0.29, 0.717) is 5.41 Å². The Morgan fingerprint density at radius 2 is 1.73 bits per heavy atom. The molecule has 0 amide bonds. The fourth-order valence-electron chi connectivity index (χ4n) is 1.69. The summed E-state index contributed by atoms with van der Waals surface area (Å²) in [6.07, 6.45) is 7.72. The number of aromatic nitrogens is 2. The molecule has 2 heteroatoms. The van der Waals surface area contributed by atoms with Crippen molar-refractivity contribution in [1.29, 1.82) is 0 Å². The molecule has 0 aliphatic carbocycles. The molecule has 0 N–H and O–H groups in total. The number of hydrogen-bond donors (Lipinski definition) is 0. The topological polar surface area (TPSA) is 8.81 Å². The van der Waals surface area contributed by atoms with E-state index in [-0.39, 0.29) is 5.54 Å². The zero-order valence-corrected chi connectivity index (χ0v) is 11.0. The Balaban J connectivity index is 3.04. The highest BCUT2D eigenvalue weighted by atomic mass is 15.2. The molecular formula is C13H25N2+. The van der Waals surface area contributed by atoms with Crippen LogP contribution < -0.4 is 4.57 Å². The summed E-state index contributed by atoms with van der Waals surface area (Å²) < 4.78 is 4.55. The van der Waals surface area contributed by atoms with Crippen LogP contribution >= 0.6 is 0 Å². The lowest BCUT2D eigenvalue weighted by Gasteiger charge is -2.38. The van der Waals surface area contributed by atoms with E-state index >= 15 is 0 Å². The van der Waals surface area contributed by atoms with Gasteiger partial charge in [0.25, 0.3) is 0 Å². The molecule has 86 valence electrons. The van der Waals surface area contributed by atoms with Crippen LogP contribution in [0, 0.1) is 5.41 Å². The summed E-state index contributed by atoms with van der Waals surface area (Å²) in [5, 5.41) is 0. The molecule has 0 saturated heterocycles. The predicted molar refractivity (Wildman–Crippen MR) is 63.7 cm³/mol. The van der Waals surface area contributed by atoms with Gasteiger partial charge in [0, 0.05) is 5.41 Å². The first-order valence-electron chi connectivity index (χ1n) is 5.92. The minimum absolute atomic E-state index is 0.155. The van der Waals surface area contributed by atoms with E-state index in [1.54, 1.807) is 0 Å². The van der Waals surface area contributed by atoms with Crippen molar-refractivity contribution in [2.24, 2.45) is 5.41 Å². The van der Waals surface area contributed by atoms with Gasteiger partial charge in [-0.2, -0.15) is 0 Å². The van der Waals surface area contributed by atoms with E-state index in [9.17, 15) is 0 Å². The van der Waals surface area contributed by atoms with Gasteiger partial charge in [0.1, 0.15) is 17.9 Å². The Labute approximate surface area is 93.9 Å². The SMILES string of the molecule is CC[n+]1ccn(C(C)(C)C(C)(C)CC)c1. The zero-order chi connectivity index (χ0) is 11.7. The molecule has 0 aliphatic heterocycles. The lowest BCUT2D eigenvalue weighted by Crippen LogP contribution is -2.42. The quantitative estimate of drug-likeness (QED) is 0.674. The van der Waals surface area contributed by atoms with Crippen LogP contribution in [0.25, 0.3) is 0 Å². The summed E-state index contributed by atoms with van der Waals surface area (Å²) in [7, 11) is 0. The Morgan fingerprint density at radius 3 is 2.13 bits per heavy atom. The summed E-state index contributed by atoms with van der Waals surface area (Å²) in [6, 6.07) is 0. The van der Waals surface area contributed by atoms with Gasteiger partial charge in [0.2, 0.25) is 6.33 Å². The maximum atomic E-state index is 2.34. The number of imidazole rings is 1. The molecule has 0 atom stereocenters. The van der Waals surface area contributed by atoms with Crippen LogP contribution in [-0.4, -0.2) is 4.57 Å². The van der Waals surface area contributed by atoms with Gasteiger partial charge in [0.05, 0.1) is 6.54 Å². The summed E-state index contributed by atoms with van der Waals surface area (Å²) in [5.74, 6) is 0. The van der Waals surface area contributed by atoms with Gasteiger partial charge in [-0.3, -0.25) is 0 Å². The molecule has 15 heavy (non-hydrogen) atoms. The molecule has 0 aliphatic rings. The second-order valence-electron chi connectivity index (χ2n) is 5.45. The molecule has 0 radical (unpaired) electrons. The molecule has 0 bridgehead atoms. The Kier molecular flexibility index (Phi) is 3.27. The van der Waals surface area contributed by atoms with Gasteiger partial charge >= 0.3 is 0 Å². The van der Waals surface area contributed by atoms with Gasteiger partial charge in [-0.25, -0.2) is 9.13 Å². The molecule has 0 saturated carbocycles. The maximum absolute atomic E-state index is 2.34. The van der Waals surface area contributed by atoms with Crippen LogP contribution in [0.1, 0.15) is 48.0 Å². The highest BCUT2D eigenvalue weighted by molar-refractivity contribution is 4.92. The minimum Gasteiger partial charge on any atom is -0.237 e. The van der Waals surface area contributed by atoms with Gasteiger partial charge in [0.15, 0.2) is 0 Å². The van der Waals surface area contributed by atoms with Crippen molar-refractivity contribution in [1.82, 2.24) is 4.57 Å². The molecule has 0 unspecified atom stereocenters. The van der Waals surface area contributed by atoms with Crippen molar-refractivity contribution in [3.8, 4) is 0 Å². The molecule has 1 aromatic rings. The lowest BCUT2D eigenvalue weighted by molar-refractivity contribution is -0.693. The first-order chi connectivity index (χ1) is 6.85. The molecule has 1 aromatic heterocycles. The van der Waals surface area contributed by atoms with Crippen LogP contribution in [0.4, 0.5) is 0 Å². The molecule has 0 spiro atoms. The number of aryl methyl sites for hydroxylation is 1. The van der Waals surface area contributed by atoms with Crippen molar-refractivity contribution in [2.75, 3.05) is 0 Å². The van der Waals surface area contributed by atoms with Crippen LogP contribution in [0.2, 0.25) is 0 Å². The van der Waals surface area contributed by atoms with Crippen molar-refractivity contribution in [3.63, 3.8) is 0 Å². The maximum Gasteiger partial charge on any atom is 0.244 e. The second-order valence-corrected chi connectivity index (χ2v) is 5.45. The van der Waals surface area contributed by atoms with Gasteiger partial charge in [-0.15, -0.1) is 0 Å². The summed E-state index contributed by atoms with van der Waals surface area (Å²) in [6.45, 7) is 14.8. The monoisotopic (exact) mass is 209 g/mol. The number of nitrogens with zero attached hydrogens (tertiary/aromatic N) is 2. The first-order valence-corrected chi connectivity index (χ1v) is 5.92. The van der Waals surface area contributed by atoms with Crippen LogP contribution in [0.3, 0.4) is 0 Å². The third kappa shape index (κ3) is 2.09. The number of rotatable bonds is 4. The molecule has 2 nitrogen and oxygen atoms in total. The minimum atomic E-state index is 0.155. The molecule has 0 fully saturated rings. The van der Waals surface area contributed by atoms with Gasteiger partial charge in [-0.1, -0.05) is 20.8 Å². The van der Waals surface area contributed by atoms with Gasteiger partial charge < -0.3 is 0 Å². The average molecular weight is 209 g/mol. The van der Waals surface area contributed by atoms with Crippen molar-refractivity contribution < 1.29 is 4.57 Å². The normalized spacial score (nSPS) is 13.2. The standard InChI is InChI=1S/C13H25N2/c1-7-12(3,4)13(5,6)15-10-9-14(8-2)11-15/h9-11H,7-8H2,1-6H3/q+1. The largest absolute Gasteiger partial charge is 0.244 e. The summed E-state index contributed by atoms with van der Waals surface area (Å²) >= 11 is 0. The second kappa shape index (κ2) is 3.99. The lowest BCUT2D eigenvalue weighted by atomic mass is 9.72. The van der Waals surface area contributed by atoms with Crippen molar-refractivity contribution in [2.45, 2.75) is 60.0 Å². The summed E-state index contributed by atoms with van der Waals surface area (Å²) in [4.78, 5) is 0. The fourth-order valence-corrected chi connectivity index (χ4v) is 1.69. The molecular weight excluding hydrogens is 184 g/mol. The smallest absolute Gasteiger partial charge is 0.237 e. The van der Waals surface area contributed by atoms with Crippen molar-refractivity contribution >= 4 is 0 Å². The van der Waals surface area contributed by atoms with E-state index in [4.69, 9.17) is 0 Å². The van der Waals surface area contributed by atoms with E-state index in [0.717, 1.165) is 6.54 Å². The fraction of sp³-hybridized carbons (Fsp3) is 0.769. The third-order valence-corrected chi connectivity index (χ3v) is 4.24. The predicted octanol–water partition coefficient (Wildman–Crippen LogP) is 2.97. The van der Waals surface area contributed by atoms with E-state index in [2.05, 4.69) is 69.4 Å². The first kappa shape index (κ1) is 12.3. The van der Waals surface area contributed by atoms with Crippen LogP contribution in [-0.2, 0) is 12.1 Å². The Hall–Kier alpha value is -0.790. The highest BCUT2D eigenvalue weighted by Gasteiger charge is 2.40. The molecule has 1 rings (SSSR count). The Morgan fingerprint density at radius 1 is 1.13 bits per heavy atom. The van der Waals surface area contributed by atoms with Gasteiger partial charge in [-0.05, 0) is 27.2 Å². The zero-order valence-electron chi connectivity index (χ0n) is 11.0. The van der Waals surface area contributed by atoms with E-state index in [1.165, 1.54) is 6.42 Å². The van der Waals surface area contributed by atoms with Crippen LogP contribution in [0.15, 0.2) is 18.7 Å². The Bertz CT molecular complexity index is 321. The average Bonchev–Trinajstić information content (AvgIpc) is 2.66. The molecule has 0 aromatic carbocycles.